The fraction of sp³-hybridized carbons (Fsp3) is 0.379. The van der Waals surface area contributed by atoms with Crippen molar-refractivity contribution in [3.63, 3.8) is 0 Å². The van der Waals surface area contributed by atoms with Gasteiger partial charge in [0.15, 0.2) is 0 Å². The molecule has 3 aromatic rings. The van der Waals surface area contributed by atoms with Crippen molar-refractivity contribution in [3.8, 4) is 11.5 Å². The van der Waals surface area contributed by atoms with Crippen LogP contribution in [0.3, 0.4) is 0 Å². The number of alkyl halides is 3. The minimum absolute atomic E-state index is 0.124. The lowest BCUT2D eigenvalue weighted by atomic mass is 9.77. The fourth-order valence-corrected chi connectivity index (χ4v) is 6.17. The maximum absolute atomic E-state index is 12.8. The van der Waals surface area contributed by atoms with Gasteiger partial charge in [-0.05, 0) is 55.0 Å². The van der Waals surface area contributed by atoms with E-state index in [-0.39, 0.29) is 17.3 Å². The molecule has 0 amide bonds. The van der Waals surface area contributed by atoms with E-state index in [1.165, 1.54) is 36.4 Å². The molecule has 3 atom stereocenters. The average molecular weight is 497 g/mol. The van der Waals surface area contributed by atoms with Crippen LogP contribution in [0.25, 0.3) is 0 Å². The molecule has 2 heterocycles. The highest BCUT2D eigenvalue weighted by atomic mass is 19.4. The van der Waals surface area contributed by atoms with Gasteiger partial charge in [-0.2, -0.15) is 0 Å². The van der Waals surface area contributed by atoms with Gasteiger partial charge >= 0.3 is 6.36 Å². The molecular weight excluding hydrogens is 465 g/mol. The van der Waals surface area contributed by atoms with Crippen molar-refractivity contribution < 1.29 is 22.6 Å². The summed E-state index contributed by atoms with van der Waals surface area (Å²) in [5, 5.41) is 3.73. The summed E-state index contributed by atoms with van der Waals surface area (Å²) in [5.41, 5.74) is 3.00. The maximum atomic E-state index is 12.8. The molecule has 1 N–H and O–H groups in total. The first-order valence-electron chi connectivity index (χ1n) is 12.4. The Kier molecular flexibility index (Phi) is 6.95. The van der Waals surface area contributed by atoms with Gasteiger partial charge in [-0.15, -0.1) is 13.2 Å². The number of nitrogens with one attached hydrogen (secondary N) is 1. The molecule has 3 aromatic carbocycles. The van der Waals surface area contributed by atoms with E-state index in [9.17, 15) is 13.2 Å². The smallest absolute Gasteiger partial charge is 0.496 e. The highest BCUT2D eigenvalue weighted by molar-refractivity contribution is 5.41. The Bertz CT molecular complexity index is 1160. The van der Waals surface area contributed by atoms with Gasteiger partial charge < -0.3 is 14.8 Å². The van der Waals surface area contributed by atoms with Gasteiger partial charge in [0.25, 0.3) is 0 Å². The normalized spacial score (nSPS) is 24.0. The Morgan fingerprint density at radius 2 is 1.67 bits per heavy atom. The molecule has 7 heteroatoms. The molecule has 2 aliphatic rings. The van der Waals surface area contributed by atoms with Gasteiger partial charge in [-0.1, -0.05) is 60.7 Å². The van der Waals surface area contributed by atoms with Crippen LogP contribution in [0.15, 0.2) is 78.9 Å². The molecule has 0 unspecified atom stereocenters. The lowest BCUT2D eigenvalue weighted by Gasteiger charge is -2.51. The van der Waals surface area contributed by atoms with Crippen LogP contribution in [0.2, 0.25) is 0 Å². The van der Waals surface area contributed by atoms with E-state index in [4.69, 9.17) is 4.74 Å². The van der Waals surface area contributed by atoms with E-state index in [0.717, 1.165) is 32.2 Å². The van der Waals surface area contributed by atoms with E-state index in [2.05, 4.69) is 63.5 Å². The molecule has 0 aromatic heterocycles. The Labute approximate surface area is 210 Å². The summed E-state index contributed by atoms with van der Waals surface area (Å²) in [6.07, 6.45) is -0.519. The first-order valence-corrected chi connectivity index (χ1v) is 12.4. The van der Waals surface area contributed by atoms with Gasteiger partial charge in [0.05, 0.1) is 12.6 Å². The lowest BCUT2D eigenvalue weighted by Crippen LogP contribution is -2.60. The quantitative estimate of drug-likeness (QED) is 0.391. The van der Waals surface area contributed by atoms with Crippen molar-refractivity contribution in [1.29, 1.82) is 0 Å². The Morgan fingerprint density at radius 1 is 0.944 bits per heavy atom. The van der Waals surface area contributed by atoms with Crippen LogP contribution >= 0.6 is 0 Å². The molecular formula is C29H31F3N2O2. The Morgan fingerprint density at radius 3 is 2.36 bits per heavy atom. The number of hydrogen-bond donors (Lipinski definition) is 1. The van der Waals surface area contributed by atoms with Crippen LogP contribution in [0, 0.1) is 0 Å². The Hall–Kier alpha value is -3.03. The van der Waals surface area contributed by atoms with Crippen LogP contribution < -0.4 is 14.8 Å². The second-order valence-electron chi connectivity index (χ2n) is 9.63. The average Bonchev–Trinajstić information content (AvgIpc) is 3.11. The summed E-state index contributed by atoms with van der Waals surface area (Å²) in [6, 6.07) is 26.0. The van der Waals surface area contributed by atoms with E-state index < -0.39 is 6.36 Å². The molecule has 36 heavy (non-hydrogen) atoms. The molecule has 5 rings (SSSR count). The van der Waals surface area contributed by atoms with Gasteiger partial charge in [0, 0.05) is 30.7 Å². The highest BCUT2D eigenvalue weighted by Crippen LogP contribution is 2.51. The van der Waals surface area contributed by atoms with Crippen molar-refractivity contribution >= 4 is 0 Å². The monoisotopic (exact) mass is 496 g/mol. The van der Waals surface area contributed by atoms with Gasteiger partial charge in [-0.3, -0.25) is 4.90 Å². The first kappa shape index (κ1) is 24.7. The van der Waals surface area contributed by atoms with E-state index in [1.54, 1.807) is 0 Å². The standard InChI is InChI=1S/C29H31F3N2O2/c1-35-26-14-13-25(36-29(30,31)32)18-22(26)19-33-27-15-12-24-16-17-28(27,23-10-6-3-7-11-23)34(24)20-21-8-4-2-5-9-21/h2-11,13-14,18,24,27,33H,12,15-17,19-20H2,1H3/t24-,27+,28+/m0/s1. The van der Waals surface area contributed by atoms with Crippen LogP contribution in [-0.4, -0.2) is 30.5 Å². The third-order valence-corrected chi connectivity index (χ3v) is 7.67. The number of benzene rings is 3. The molecule has 4 nitrogen and oxygen atoms in total. The van der Waals surface area contributed by atoms with Crippen molar-refractivity contribution in [3.05, 3.63) is 95.6 Å². The van der Waals surface area contributed by atoms with Gasteiger partial charge in [0.1, 0.15) is 11.5 Å². The molecule has 0 aliphatic carbocycles. The third-order valence-electron chi connectivity index (χ3n) is 7.67. The number of ether oxygens (including phenoxy) is 2. The summed E-state index contributed by atoms with van der Waals surface area (Å²) < 4.78 is 48.1. The molecule has 2 saturated heterocycles. The number of hydrogen-bond acceptors (Lipinski definition) is 4. The number of rotatable bonds is 8. The fourth-order valence-electron chi connectivity index (χ4n) is 6.17. The Balaban J connectivity index is 1.45. The van der Waals surface area contributed by atoms with Crippen LogP contribution in [0.5, 0.6) is 11.5 Å². The number of nitrogens with zero attached hydrogens (tertiary/aromatic N) is 1. The number of fused-ring (bicyclic) bond motifs is 2. The predicted molar refractivity (Wildman–Crippen MR) is 133 cm³/mol. The van der Waals surface area contributed by atoms with Crippen LogP contribution in [0.1, 0.15) is 42.4 Å². The SMILES string of the molecule is COc1ccc(OC(F)(F)F)cc1CN[C@@H]1CC[C@H]2CC[C@]1(c1ccccc1)N2Cc1ccccc1. The van der Waals surface area contributed by atoms with Crippen molar-refractivity contribution in [1.82, 2.24) is 10.2 Å². The molecule has 0 radical (unpaired) electrons. The molecule has 0 saturated carbocycles. The topological polar surface area (TPSA) is 33.7 Å². The molecule has 0 spiro atoms. The number of halogens is 3. The second-order valence-corrected chi connectivity index (χ2v) is 9.63. The zero-order chi connectivity index (χ0) is 25.2. The van der Waals surface area contributed by atoms with E-state index in [1.807, 2.05) is 12.1 Å². The van der Waals surface area contributed by atoms with Crippen LogP contribution in [0.4, 0.5) is 13.2 Å². The van der Waals surface area contributed by atoms with Crippen molar-refractivity contribution in [2.24, 2.45) is 0 Å². The zero-order valence-corrected chi connectivity index (χ0v) is 20.3. The minimum atomic E-state index is -4.74. The number of methoxy groups -OCH3 is 1. The third kappa shape index (κ3) is 4.95. The van der Waals surface area contributed by atoms with Crippen LogP contribution in [-0.2, 0) is 18.6 Å². The molecule has 2 fully saturated rings. The van der Waals surface area contributed by atoms with Gasteiger partial charge in [-0.25, -0.2) is 0 Å². The van der Waals surface area contributed by atoms with Crippen molar-refractivity contribution in [2.75, 3.05) is 7.11 Å². The zero-order valence-electron chi connectivity index (χ0n) is 20.3. The van der Waals surface area contributed by atoms with E-state index >= 15 is 0 Å². The minimum Gasteiger partial charge on any atom is -0.496 e. The summed E-state index contributed by atoms with van der Waals surface area (Å²) in [7, 11) is 1.53. The lowest BCUT2D eigenvalue weighted by molar-refractivity contribution is -0.274. The van der Waals surface area contributed by atoms with Crippen molar-refractivity contribution in [2.45, 2.75) is 62.8 Å². The molecule has 2 bridgehead atoms. The first-order chi connectivity index (χ1) is 17.4. The maximum Gasteiger partial charge on any atom is 0.573 e. The predicted octanol–water partition coefficient (Wildman–Crippen LogP) is 6.41. The summed E-state index contributed by atoms with van der Waals surface area (Å²) >= 11 is 0. The van der Waals surface area contributed by atoms with Gasteiger partial charge in [0.2, 0.25) is 0 Å². The highest BCUT2D eigenvalue weighted by Gasteiger charge is 2.54. The summed E-state index contributed by atoms with van der Waals surface area (Å²) in [6.45, 7) is 1.23. The largest absolute Gasteiger partial charge is 0.573 e. The molecule has 2 aliphatic heterocycles. The van der Waals surface area contributed by atoms with E-state index in [0.29, 0.717) is 23.9 Å². The second kappa shape index (κ2) is 10.1. The summed E-state index contributed by atoms with van der Waals surface area (Å²) in [5.74, 6) is 0.292. The summed E-state index contributed by atoms with van der Waals surface area (Å²) in [4.78, 5) is 2.65. The molecule has 190 valence electrons. The number of piperidine rings is 1.